The van der Waals surface area contributed by atoms with Gasteiger partial charge >= 0.3 is 0 Å². The largest absolute Gasteiger partial charge is 0.497 e. The van der Waals surface area contributed by atoms with Crippen LogP contribution in [-0.2, 0) is 13.1 Å². The van der Waals surface area contributed by atoms with Gasteiger partial charge in [0.2, 0.25) is 11.7 Å². The van der Waals surface area contributed by atoms with Crippen LogP contribution in [0.4, 0.5) is 0 Å². The summed E-state index contributed by atoms with van der Waals surface area (Å²) in [4.78, 5) is 6.98. The zero-order chi connectivity index (χ0) is 18.6. The van der Waals surface area contributed by atoms with Crippen LogP contribution in [0.15, 0.2) is 53.1 Å². The third kappa shape index (κ3) is 4.11. The summed E-state index contributed by atoms with van der Waals surface area (Å²) in [5.74, 6) is 2.79. The average molecular weight is 365 g/mol. The van der Waals surface area contributed by atoms with Crippen molar-refractivity contribution in [1.29, 1.82) is 0 Å². The number of methoxy groups -OCH3 is 2. The van der Waals surface area contributed by atoms with Gasteiger partial charge in [-0.2, -0.15) is 4.98 Å². The molecule has 0 aliphatic heterocycles. The fourth-order valence-corrected chi connectivity index (χ4v) is 3.15. The predicted molar refractivity (Wildman–Crippen MR) is 102 cm³/mol. The molecule has 1 aromatic heterocycles. The van der Waals surface area contributed by atoms with Crippen LogP contribution in [0.3, 0.4) is 0 Å². The molecule has 0 unspecified atom stereocenters. The lowest BCUT2D eigenvalue weighted by Crippen LogP contribution is -2.25. The van der Waals surface area contributed by atoms with Gasteiger partial charge in [0.05, 0.1) is 26.3 Å². The van der Waals surface area contributed by atoms with Gasteiger partial charge < -0.3 is 14.0 Å². The molecule has 0 saturated heterocycles. The third-order valence-corrected chi connectivity index (χ3v) is 4.76. The van der Waals surface area contributed by atoms with Crippen LogP contribution in [0, 0.1) is 0 Å². The van der Waals surface area contributed by atoms with Crippen molar-refractivity contribution in [3.63, 3.8) is 0 Å². The quantitative estimate of drug-likeness (QED) is 0.603. The van der Waals surface area contributed by atoms with Gasteiger partial charge in [0.15, 0.2) is 0 Å². The summed E-state index contributed by atoms with van der Waals surface area (Å²) >= 11 is 0. The van der Waals surface area contributed by atoms with Crippen LogP contribution < -0.4 is 9.47 Å². The molecule has 1 aliphatic carbocycles. The molecule has 2 aromatic carbocycles. The Balaban J connectivity index is 1.48. The number of hydrogen-bond donors (Lipinski definition) is 0. The smallest absolute Gasteiger partial charge is 0.241 e. The van der Waals surface area contributed by atoms with E-state index in [2.05, 4.69) is 27.2 Å². The molecule has 6 nitrogen and oxygen atoms in total. The Morgan fingerprint density at radius 3 is 2.48 bits per heavy atom. The molecular formula is C21H23N3O3. The number of aromatic nitrogens is 2. The number of para-hydroxylation sites is 1. The van der Waals surface area contributed by atoms with Crippen molar-refractivity contribution in [2.75, 3.05) is 14.2 Å². The van der Waals surface area contributed by atoms with Crippen molar-refractivity contribution in [2.45, 2.75) is 32.0 Å². The van der Waals surface area contributed by atoms with E-state index in [0.717, 1.165) is 23.6 Å². The maximum absolute atomic E-state index is 5.52. The van der Waals surface area contributed by atoms with Crippen molar-refractivity contribution < 1.29 is 14.0 Å². The fourth-order valence-electron chi connectivity index (χ4n) is 3.15. The van der Waals surface area contributed by atoms with E-state index in [4.69, 9.17) is 14.0 Å². The molecule has 1 heterocycles. The van der Waals surface area contributed by atoms with Crippen LogP contribution in [0.5, 0.6) is 11.5 Å². The first-order valence-corrected chi connectivity index (χ1v) is 9.10. The Morgan fingerprint density at radius 2 is 1.78 bits per heavy atom. The Kier molecular flexibility index (Phi) is 5.07. The van der Waals surface area contributed by atoms with Crippen molar-refractivity contribution >= 4 is 0 Å². The minimum atomic E-state index is 0.558. The molecule has 0 N–H and O–H groups in total. The minimum Gasteiger partial charge on any atom is -0.497 e. The van der Waals surface area contributed by atoms with Gasteiger partial charge in [-0.25, -0.2) is 0 Å². The van der Waals surface area contributed by atoms with Crippen LogP contribution in [0.2, 0.25) is 0 Å². The standard InChI is InChI=1S/C21H23N3O3/c1-25-17-11-7-15(8-12-17)13-24(16-9-10-16)14-20-22-21(23-27-20)18-5-3-4-6-19(18)26-2/h3-8,11-12,16H,9-10,13-14H2,1-2H3. The number of nitrogens with zero attached hydrogens (tertiary/aromatic N) is 3. The molecule has 1 aliphatic rings. The van der Waals surface area contributed by atoms with E-state index in [-0.39, 0.29) is 0 Å². The average Bonchev–Trinajstić information content (AvgIpc) is 3.47. The van der Waals surface area contributed by atoms with Gasteiger partial charge in [-0.05, 0) is 42.7 Å². The number of rotatable bonds is 8. The summed E-state index contributed by atoms with van der Waals surface area (Å²) in [7, 11) is 3.32. The summed E-state index contributed by atoms with van der Waals surface area (Å²) in [6, 6.07) is 16.5. The summed E-state index contributed by atoms with van der Waals surface area (Å²) in [6.45, 7) is 1.49. The van der Waals surface area contributed by atoms with Crippen molar-refractivity contribution in [2.24, 2.45) is 0 Å². The second-order valence-corrected chi connectivity index (χ2v) is 6.70. The van der Waals surface area contributed by atoms with E-state index in [1.165, 1.54) is 18.4 Å². The lowest BCUT2D eigenvalue weighted by Gasteiger charge is -2.20. The van der Waals surface area contributed by atoms with Crippen LogP contribution >= 0.6 is 0 Å². The summed E-state index contributed by atoms with van der Waals surface area (Å²) in [5.41, 5.74) is 2.08. The molecular weight excluding hydrogens is 342 g/mol. The van der Waals surface area contributed by atoms with E-state index in [1.54, 1.807) is 14.2 Å². The maximum atomic E-state index is 5.52. The third-order valence-electron chi connectivity index (χ3n) is 4.76. The molecule has 27 heavy (non-hydrogen) atoms. The summed E-state index contributed by atoms with van der Waals surface area (Å²) in [5, 5.41) is 4.15. The van der Waals surface area contributed by atoms with Gasteiger partial charge in [0.25, 0.3) is 0 Å². The van der Waals surface area contributed by atoms with Crippen molar-refractivity contribution in [3.8, 4) is 22.9 Å². The maximum Gasteiger partial charge on any atom is 0.241 e. The van der Waals surface area contributed by atoms with Gasteiger partial charge in [0, 0.05) is 12.6 Å². The van der Waals surface area contributed by atoms with Crippen LogP contribution in [-0.4, -0.2) is 35.3 Å². The van der Waals surface area contributed by atoms with Gasteiger partial charge in [0.1, 0.15) is 11.5 Å². The zero-order valence-corrected chi connectivity index (χ0v) is 15.6. The molecule has 0 bridgehead atoms. The summed E-state index contributed by atoms with van der Waals surface area (Å²) in [6.07, 6.45) is 2.42. The van der Waals surface area contributed by atoms with E-state index >= 15 is 0 Å². The second kappa shape index (κ2) is 7.80. The van der Waals surface area contributed by atoms with Gasteiger partial charge in [-0.15, -0.1) is 0 Å². The number of ether oxygens (including phenoxy) is 2. The van der Waals surface area contributed by atoms with E-state index in [0.29, 0.717) is 24.3 Å². The van der Waals surface area contributed by atoms with E-state index in [9.17, 15) is 0 Å². The van der Waals surface area contributed by atoms with Crippen LogP contribution in [0.25, 0.3) is 11.4 Å². The normalized spacial score (nSPS) is 13.7. The van der Waals surface area contributed by atoms with E-state index in [1.807, 2.05) is 36.4 Å². The first kappa shape index (κ1) is 17.5. The minimum absolute atomic E-state index is 0.558. The highest BCUT2D eigenvalue weighted by Gasteiger charge is 2.30. The topological polar surface area (TPSA) is 60.6 Å². The SMILES string of the molecule is COc1ccc(CN(Cc2nc(-c3ccccc3OC)no2)C2CC2)cc1. The van der Waals surface area contributed by atoms with Crippen molar-refractivity contribution in [1.82, 2.24) is 15.0 Å². The number of hydrogen-bond acceptors (Lipinski definition) is 6. The Morgan fingerprint density at radius 1 is 1.00 bits per heavy atom. The highest BCUT2D eigenvalue weighted by atomic mass is 16.5. The molecule has 140 valence electrons. The molecule has 3 aromatic rings. The second-order valence-electron chi connectivity index (χ2n) is 6.70. The van der Waals surface area contributed by atoms with Gasteiger partial charge in [-0.1, -0.05) is 29.4 Å². The molecule has 1 saturated carbocycles. The van der Waals surface area contributed by atoms with Gasteiger partial charge in [-0.3, -0.25) is 4.90 Å². The molecule has 0 atom stereocenters. The van der Waals surface area contributed by atoms with E-state index < -0.39 is 0 Å². The fraction of sp³-hybridized carbons (Fsp3) is 0.333. The zero-order valence-electron chi connectivity index (χ0n) is 15.6. The first-order valence-electron chi connectivity index (χ1n) is 9.10. The Labute approximate surface area is 158 Å². The monoisotopic (exact) mass is 365 g/mol. The predicted octanol–water partition coefficient (Wildman–Crippen LogP) is 3.92. The summed E-state index contributed by atoms with van der Waals surface area (Å²) < 4.78 is 16.2. The highest BCUT2D eigenvalue weighted by Crippen LogP contribution is 2.31. The molecule has 0 spiro atoms. The Hall–Kier alpha value is -2.86. The molecule has 1 fully saturated rings. The van der Waals surface area contributed by atoms with Crippen molar-refractivity contribution in [3.05, 3.63) is 60.0 Å². The number of benzene rings is 2. The lowest BCUT2D eigenvalue weighted by molar-refractivity contribution is 0.209. The highest BCUT2D eigenvalue weighted by molar-refractivity contribution is 5.63. The van der Waals surface area contributed by atoms with Crippen LogP contribution in [0.1, 0.15) is 24.3 Å². The molecule has 0 amide bonds. The first-order chi connectivity index (χ1) is 13.3. The molecule has 6 heteroatoms. The molecule has 0 radical (unpaired) electrons. The Bertz CT molecular complexity index is 888. The molecule has 4 rings (SSSR count). The lowest BCUT2D eigenvalue weighted by atomic mass is 10.2.